The SMILES string of the molecule is COC(=O)[C@@H](C)N(C#N)c1nc(NC(C)C)nc(SC)n1. The molecule has 8 nitrogen and oxygen atoms in total. The number of aromatic nitrogens is 3. The third-order valence-corrected chi connectivity index (χ3v) is 3.00. The molecule has 0 bridgehead atoms. The lowest BCUT2D eigenvalue weighted by molar-refractivity contribution is -0.141. The Balaban J connectivity index is 3.19. The average molecular weight is 310 g/mol. The number of rotatable bonds is 6. The highest BCUT2D eigenvalue weighted by atomic mass is 32.2. The van der Waals surface area contributed by atoms with Crippen LogP contribution in [0.15, 0.2) is 5.16 Å². The number of nitrogens with one attached hydrogen (secondary N) is 1. The van der Waals surface area contributed by atoms with Gasteiger partial charge in [-0.15, -0.1) is 0 Å². The number of esters is 1. The quantitative estimate of drug-likeness (QED) is 0.360. The van der Waals surface area contributed by atoms with Gasteiger partial charge in [-0.1, -0.05) is 11.8 Å². The van der Waals surface area contributed by atoms with Crippen molar-refractivity contribution in [2.24, 2.45) is 0 Å². The second kappa shape index (κ2) is 7.64. The van der Waals surface area contributed by atoms with Crippen LogP contribution in [-0.2, 0) is 9.53 Å². The zero-order chi connectivity index (χ0) is 16.0. The molecule has 0 aliphatic carbocycles. The molecule has 114 valence electrons. The topological polar surface area (TPSA) is 104 Å². The molecule has 0 spiro atoms. The standard InChI is InChI=1S/C12H18N6O2S/c1-7(2)14-10-15-11(17-12(16-10)21-5)18(6-13)8(3)9(19)20-4/h7-8H,1-5H3,(H,14,15,16,17)/t8-/m1/s1. The van der Waals surface area contributed by atoms with Crippen molar-refractivity contribution in [3.8, 4) is 6.19 Å². The van der Waals surface area contributed by atoms with Gasteiger partial charge in [0.25, 0.3) is 0 Å². The van der Waals surface area contributed by atoms with E-state index >= 15 is 0 Å². The molecule has 1 N–H and O–H groups in total. The van der Waals surface area contributed by atoms with E-state index in [-0.39, 0.29) is 12.0 Å². The fourth-order valence-corrected chi connectivity index (χ4v) is 1.80. The van der Waals surface area contributed by atoms with Crippen LogP contribution in [0.2, 0.25) is 0 Å². The summed E-state index contributed by atoms with van der Waals surface area (Å²) in [6.45, 7) is 5.44. The van der Waals surface area contributed by atoms with Gasteiger partial charge in [0.05, 0.1) is 7.11 Å². The summed E-state index contributed by atoms with van der Waals surface area (Å²) in [4.78, 5) is 25.2. The lowest BCUT2D eigenvalue weighted by Gasteiger charge is -2.20. The van der Waals surface area contributed by atoms with Crippen LogP contribution >= 0.6 is 11.8 Å². The number of carbonyl (C=O) groups excluding carboxylic acids is 1. The molecule has 0 amide bonds. The van der Waals surface area contributed by atoms with Crippen molar-refractivity contribution < 1.29 is 9.53 Å². The summed E-state index contributed by atoms with van der Waals surface area (Å²) >= 11 is 1.32. The smallest absolute Gasteiger partial charge is 0.329 e. The van der Waals surface area contributed by atoms with Gasteiger partial charge in [0.2, 0.25) is 11.9 Å². The highest BCUT2D eigenvalue weighted by molar-refractivity contribution is 7.98. The molecule has 0 radical (unpaired) electrons. The molecule has 9 heteroatoms. The first-order chi connectivity index (χ1) is 9.92. The van der Waals surface area contributed by atoms with Gasteiger partial charge in [-0.3, -0.25) is 0 Å². The van der Waals surface area contributed by atoms with E-state index in [2.05, 4.69) is 25.0 Å². The van der Waals surface area contributed by atoms with E-state index < -0.39 is 12.0 Å². The molecular formula is C12H18N6O2S. The molecule has 0 unspecified atom stereocenters. The van der Waals surface area contributed by atoms with Crippen LogP contribution in [0, 0.1) is 11.5 Å². The summed E-state index contributed by atoms with van der Waals surface area (Å²) in [6, 6.07) is -0.687. The Morgan fingerprint density at radius 3 is 2.52 bits per heavy atom. The van der Waals surface area contributed by atoms with Crippen LogP contribution < -0.4 is 10.2 Å². The number of thioether (sulfide) groups is 1. The lowest BCUT2D eigenvalue weighted by Crippen LogP contribution is -2.37. The van der Waals surface area contributed by atoms with Gasteiger partial charge < -0.3 is 10.1 Å². The number of methoxy groups -OCH3 is 1. The average Bonchev–Trinajstić information content (AvgIpc) is 2.45. The summed E-state index contributed by atoms with van der Waals surface area (Å²) in [7, 11) is 1.26. The number of ether oxygens (including phenoxy) is 1. The Morgan fingerprint density at radius 1 is 1.38 bits per heavy atom. The van der Waals surface area contributed by atoms with Gasteiger partial charge >= 0.3 is 5.97 Å². The summed E-state index contributed by atoms with van der Waals surface area (Å²) in [5.74, 6) is -0.0735. The van der Waals surface area contributed by atoms with E-state index in [1.807, 2.05) is 26.3 Å². The van der Waals surface area contributed by atoms with Gasteiger partial charge in [-0.2, -0.15) is 20.2 Å². The summed E-state index contributed by atoms with van der Waals surface area (Å²) in [6.07, 6.45) is 3.73. The third kappa shape index (κ3) is 4.46. The molecule has 1 rings (SSSR count). The van der Waals surface area contributed by atoms with E-state index in [4.69, 9.17) is 0 Å². The van der Waals surface area contributed by atoms with Crippen molar-refractivity contribution in [3.05, 3.63) is 0 Å². The molecule has 0 fully saturated rings. The monoisotopic (exact) mass is 310 g/mol. The van der Waals surface area contributed by atoms with Crippen molar-refractivity contribution in [3.63, 3.8) is 0 Å². The molecule has 21 heavy (non-hydrogen) atoms. The maximum atomic E-state index is 11.6. The predicted molar refractivity (Wildman–Crippen MR) is 79.9 cm³/mol. The first kappa shape index (κ1) is 17.0. The van der Waals surface area contributed by atoms with Crippen LogP contribution in [0.5, 0.6) is 0 Å². The third-order valence-electron chi connectivity index (χ3n) is 2.46. The van der Waals surface area contributed by atoms with Crippen LogP contribution in [0.3, 0.4) is 0 Å². The highest BCUT2D eigenvalue weighted by Crippen LogP contribution is 2.18. The largest absolute Gasteiger partial charge is 0.467 e. The minimum Gasteiger partial charge on any atom is -0.467 e. The second-order valence-electron chi connectivity index (χ2n) is 4.41. The Labute approximate surface area is 127 Å². The molecule has 1 atom stereocenters. The Kier molecular flexibility index (Phi) is 6.17. The van der Waals surface area contributed by atoms with Crippen molar-refractivity contribution in [1.29, 1.82) is 5.26 Å². The minimum absolute atomic E-state index is 0.109. The molecule has 0 saturated carbocycles. The lowest BCUT2D eigenvalue weighted by atomic mass is 10.3. The van der Waals surface area contributed by atoms with Crippen molar-refractivity contribution in [2.45, 2.75) is 38.0 Å². The van der Waals surface area contributed by atoms with Crippen molar-refractivity contribution in [2.75, 3.05) is 23.6 Å². The maximum Gasteiger partial charge on any atom is 0.329 e. The molecule has 0 aliphatic heterocycles. The first-order valence-electron chi connectivity index (χ1n) is 6.26. The van der Waals surface area contributed by atoms with Crippen LogP contribution in [-0.4, -0.2) is 46.4 Å². The molecule has 0 aliphatic rings. The van der Waals surface area contributed by atoms with Crippen molar-refractivity contribution in [1.82, 2.24) is 15.0 Å². The number of hydrogen-bond donors (Lipinski definition) is 1. The van der Waals surface area contributed by atoms with E-state index in [1.54, 1.807) is 6.92 Å². The molecule has 0 aromatic carbocycles. The van der Waals surface area contributed by atoms with Gasteiger partial charge in [-0.25, -0.2) is 9.69 Å². The summed E-state index contributed by atoms with van der Waals surface area (Å²) in [5, 5.41) is 12.8. The van der Waals surface area contributed by atoms with E-state index in [1.165, 1.54) is 18.9 Å². The number of nitriles is 1. The van der Waals surface area contributed by atoms with Crippen LogP contribution in [0.1, 0.15) is 20.8 Å². The van der Waals surface area contributed by atoms with Gasteiger partial charge in [0.15, 0.2) is 11.3 Å². The molecule has 1 aromatic rings. The fraction of sp³-hybridized carbons (Fsp3) is 0.583. The number of hydrogen-bond acceptors (Lipinski definition) is 9. The number of nitrogens with zero attached hydrogens (tertiary/aromatic N) is 5. The number of carbonyl (C=O) groups is 1. The van der Waals surface area contributed by atoms with E-state index in [9.17, 15) is 10.1 Å². The van der Waals surface area contributed by atoms with Crippen LogP contribution in [0.4, 0.5) is 11.9 Å². The molecule has 0 saturated heterocycles. The Morgan fingerprint density at radius 2 is 2.05 bits per heavy atom. The zero-order valence-corrected chi connectivity index (χ0v) is 13.4. The Hall–Kier alpha value is -2.08. The zero-order valence-electron chi connectivity index (χ0n) is 12.6. The normalized spacial score (nSPS) is 11.7. The number of anilines is 2. The summed E-state index contributed by atoms with van der Waals surface area (Å²) in [5.41, 5.74) is 0. The van der Waals surface area contributed by atoms with Gasteiger partial charge in [-0.05, 0) is 27.0 Å². The second-order valence-corrected chi connectivity index (χ2v) is 5.19. The molecule has 1 aromatic heterocycles. The molecular weight excluding hydrogens is 292 g/mol. The predicted octanol–water partition coefficient (Wildman–Crippen LogP) is 1.26. The minimum atomic E-state index is -0.816. The summed E-state index contributed by atoms with van der Waals surface area (Å²) < 4.78 is 4.64. The van der Waals surface area contributed by atoms with Gasteiger partial charge in [0.1, 0.15) is 6.04 Å². The van der Waals surface area contributed by atoms with Crippen molar-refractivity contribution >= 4 is 29.6 Å². The maximum absolute atomic E-state index is 11.6. The van der Waals surface area contributed by atoms with Crippen LogP contribution in [0.25, 0.3) is 0 Å². The molecule has 1 heterocycles. The van der Waals surface area contributed by atoms with E-state index in [0.29, 0.717) is 11.1 Å². The fourth-order valence-electron chi connectivity index (χ4n) is 1.45. The van der Waals surface area contributed by atoms with Gasteiger partial charge in [0, 0.05) is 6.04 Å². The highest BCUT2D eigenvalue weighted by Gasteiger charge is 2.25. The Bertz CT molecular complexity index is 545. The van der Waals surface area contributed by atoms with E-state index in [0.717, 1.165) is 4.90 Å². The first-order valence-corrected chi connectivity index (χ1v) is 7.48.